The van der Waals surface area contributed by atoms with Crippen molar-refractivity contribution in [1.29, 1.82) is 0 Å². The summed E-state index contributed by atoms with van der Waals surface area (Å²) in [6, 6.07) is 1.28. The van der Waals surface area contributed by atoms with Gasteiger partial charge in [0.05, 0.1) is 6.10 Å². The highest BCUT2D eigenvalue weighted by atomic mass is 31.1. The van der Waals surface area contributed by atoms with Crippen molar-refractivity contribution in [2.75, 3.05) is 12.7 Å². The molecular weight excluding hydrogens is 193 g/mol. The molecule has 0 aromatic carbocycles. The van der Waals surface area contributed by atoms with E-state index in [4.69, 9.17) is 4.52 Å². The van der Waals surface area contributed by atoms with Gasteiger partial charge in [0, 0.05) is 33.6 Å². The first kappa shape index (κ1) is 14.3. The monoisotopic (exact) mass is 219 g/mol. The molecule has 0 fully saturated rings. The molecule has 0 saturated heterocycles. The molecule has 3 heteroatoms. The first-order valence-electron chi connectivity index (χ1n) is 5.59. The van der Waals surface area contributed by atoms with E-state index in [1.807, 2.05) is 0 Å². The lowest BCUT2D eigenvalue weighted by Gasteiger charge is -2.30. The van der Waals surface area contributed by atoms with Crippen LogP contribution in [0.25, 0.3) is 0 Å². The molecule has 0 N–H and O–H groups in total. The summed E-state index contributed by atoms with van der Waals surface area (Å²) >= 11 is 0. The lowest BCUT2D eigenvalue weighted by molar-refractivity contribution is 0.185. The van der Waals surface area contributed by atoms with Gasteiger partial charge in [-0.15, -0.1) is 0 Å². The van der Waals surface area contributed by atoms with Gasteiger partial charge in [0.1, 0.15) is 0 Å². The Morgan fingerprint density at radius 2 is 1.50 bits per heavy atom. The van der Waals surface area contributed by atoms with Crippen molar-refractivity contribution in [2.24, 2.45) is 0 Å². The first-order valence-corrected chi connectivity index (χ1v) is 6.71. The van der Waals surface area contributed by atoms with E-state index >= 15 is 0 Å². The van der Waals surface area contributed by atoms with Gasteiger partial charge >= 0.3 is 0 Å². The van der Waals surface area contributed by atoms with Crippen molar-refractivity contribution in [3.8, 4) is 0 Å². The van der Waals surface area contributed by atoms with Crippen LogP contribution in [0, 0.1) is 0 Å². The van der Waals surface area contributed by atoms with Crippen molar-refractivity contribution in [2.45, 2.75) is 59.7 Å². The predicted octanol–water partition coefficient (Wildman–Crippen LogP) is 3.12. The van der Waals surface area contributed by atoms with Crippen LogP contribution in [0.5, 0.6) is 0 Å². The van der Waals surface area contributed by atoms with Gasteiger partial charge in [0.25, 0.3) is 0 Å². The molecule has 0 aliphatic heterocycles. The molecule has 0 rings (SSSR count). The van der Waals surface area contributed by atoms with E-state index in [1.54, 1.807) is 0 Å². The van der Waals surface area contributed by atoms with Crippen LogP contribution in [0.4, 0.5) is 0 Å². The van der Waals surface area contributed by atoms with Crippen LogP contribution in [-0.2, 0) is 4.52 Å². The Hall–Kier alpha value is 0.350. The Balaban J connectivity index is 3.62. The zero-order valence-corrected chi connectivity index (χ0v) is 11.5. The highest BCUT2D eigenvalue weighted by Gasteiger charge is 2.12. The molecule has 0 amide bonds. The summed E-state index contributed by atoms with van der Waals surface area (Å²) < 4.78 is 5.55. The zero-order valence-electron chi connectivity index (χ0n) is 10.5. The van der Waals surface area contributed by atoms with Gasteiger partial charge in [-0.1, -0.05) is 0 Å². The third kappa shape index (κ3) is 6.75. The largest absolute Gasteiger partial charge is 0.360 e. The quantitative estimate of drug-likeness (QED) is 0.482. The minimum atomic E-state index is 0.375. The number of rotatable bonds is 7. The highest BCUT2D eigenvalue weighted by molar-refractivity contribution is 7.32. The molecule has 0 heterocycles. The lowest BCUT2D eigenvalue weighted by Crippen LogP contribution is -2.38. The second-order valence-corrected chi connectivity index (χ2v) is 5.51. The van der Waals surface area contributed by atoms with Gasteiger partial charge in [0.15, 0.2) is 0 Å². The minimum absolute atomic E-state index is 0.375. The van der Waals surface area contributed by atoms with E-state index in [9.17, 15) is 0 Å². The van der Waals surface area contributed by atoms with Crippen molar-refractivity contribution in [3.63, 3.8) is 0 Å². The third-order valence-corrected chi connectivity index (χ3v) is 3.18. The van der Waals surface area contributed by atoms with Gasteiger partial charge < -0.3 is 4.52 Å². The molecule has 1 unspecified atom stereocenters. The maximum absolute atomic E-state index is 5.55. The predicted molar refractivity (Wildman–Crippen MR) is 66.4 cm³/mol. The Morgan fingerprint density at radius 3 is 1.86 bits per heavy atom. The fourth-order valence-corrected chi connectivity index (χ4v) is 2.31. The first-order chi connectivity index (χ1) is 6.45. The normalized spacial score (nSPS) is 13.3. The molecule has 0 aliphatic rings. The Kier molecular flexibility index (Phi) is 7.81. The summed E-state index contributed by atoms with van der Waals surface area (Å²) in [6.45, 7) is 14.4. The third-order valence-electron chi connectivity index (χ3n) is 2.12. The summed E-state index contributed by atoms with van der Waals surface area (Å²) in [5.41, 5.74) is 0. The Morgan fingerprint density at radius 1 is 1.00 bits per heavy atom. The summed E-state index contributed by atoms with van der Waals surface area (Å²) in [5, 5.41) is 0. The molecule has 0 saturated carbocycles. The SMILES string of the molecule is CC(C)OPCCN(C(C)C)C(C)C. The second kappa shape index (κ2) is 7.62. The Bertz CT molecular complexity index is 129. The summed E-state index contributed by atoms with van der Waals surface area (Å²) in [4.78, 5) is 2.51. The molecule has 0 spiro atoms. The van der Waals surface area contributed by atoms with E-state index in [-0.39, 0.29) is 0 Å². The van der Waals surface area contributed by atoms with E-state index in [2.05, 4.69) is 46.4 Å². The second-order valence-electron chi connectivity index (χ2n) is 4.49. The molecule has 0 aromatic heterocycles. The lowest BCUT2D eigenvalue weighted by atomic mass is 10.2. The smallest absolute Gasteiger partial charge is 0.0558 e. The van der Waals surface area contributed by atoms with Gasteiger partial charge in [-0.25, -0.2) is 0 Å². The number of hydrogen-bond acceptors (Lipinski definition) is 2. The van der Waals surface area contributed by atoms with E-state index in [1.165, 1.54) is 0 Å². The van der Waals surface area contributed by atoms with Crippen LogP contribution < -0.4 is 0 Å². The van der Waals surface area contributed by atoms with Crippen LogP contribution in [-0.4, -0.2) is 35.8 Å². The van der Waals surface area contributed by atoms with Crippen molar-refractivity contribution >= 4 is 8.81 Å². The minimum Gasteiger partial charge on any atom is -0.360 e. The average Bonchev–Trinajstić information content (AvgIpc) is 2.01. The molecule has 1 atom stereocenters. The van der Waals surface area contributed by atoms with Crippen molar-refractivity contribution < 1.29 is 4.52 Å². The van der Waals surface area contributed by atoms with Gasteiger partial charge in [-0.05, 0) is 41.5 Å². The van der Waals surface area contributed by atoms with Crippen molar-refractivity contribution in [3.05, 3.63) is 0 Å². The van der Waals surface area contributed by atoms with Crippen LogP contribution in [0.2, 0.25) is 0 Å². The van der Waals surface area contributed by atoms with Crippen LogP contribution in [0.15, 0.2) is 0 Å². The maximum atomic E-state index is 5.55. The average molecular weight is 219 g/mol. The van der Waals surface area contributed by atoms with Gasteiger partial charge in [-0.2, -0.15) is 0 Å². The van der Waals surface area contributed by atoms with Crippen LogP contribution >= 0.6 is 8.81 Å². The summed E-state index contributed by atoms with van der Waals surface area (Å²) in [6.07, 6.45) is 1.54. The molecule has 0 aromatic rings. The highest BCUT2D eigenvalue weighted by Crippen LogP contribution is 2.16. The van der Waals surface area contributed by atoms with Gasteiger partial charge in [0.2, 0.25) is 0 Å². The summed E-state index contributed by atoms with van der Waals surface area (Å²) in [7, 11) is 0.649. The molecule has 2 nitrogen and oxygen atoms in total. The molecule has 14 heavy (non-hydrogen) atoms. The molecule has 0 radical (unpaired) electrons. The molecule has 86 valence electrons. The Labute approximate surface area is 91.3 Å². The zero-order chi connectivity index (χ0) is 11.1. The fraction of sp³-hybridized carbons (Fsp3) is 1.00. The molecule has 0 bridgehead atoms. The topological polar surface area (TPSA) is 12.5 Å². The van der Waals surface area contributed by atoms with Gasteiger partial charge in [-0.3, -0.25) is 4.90 Å². The van der Waals surface area contributed by atoms with Crippen molar-refractivity contribution in [1.82, 2.24) is 4.90 Å². The molecular formula is C11H26NOP. The van der Waals surface area contributed by atoms with E-state index < -0.39 is 0 Å². The number of hydrogen-bond donors (Lipinski definition) is 0. The molecule has 0 aliphatic carbocycles. The number of nitrogens with zero attached hydrogens (tertiary/aromatic N) is 1. The van der Waals surface area contributed by atoms with E-state index in [0.29, 0.717) is 27.0 Å². The standard InChI is InChI=1S/C11H26NOP/c1-9(2)12(10(3)4)7-8-14-13-11(5)6/h9-11,14H,7-8H2,1-6H3. The summed E-state index contributed by atoms with van der Waals surface area (Å²) in [5.74, 6) is 0. The van der Waals surface area contributed by atoms with Crippen LogP contribution in [0.1, 0.15) is 41.5 Å². The maximum Gasteiger partial charge on any atom is 0.0558 e. The fourth-order valence-electron chi connectivity index (χ4n) is 1.51. The van der Waals surface area contributed by atoms with Crippen LogP contribution in [0.3, 0.4) is 0 Å². The van der Waals surface area contributed by atoms with E-state index in [0.717, 1.165) is 12.7 Å².